The van der Waals surface area contributed by atoms with Crippen molar-refractivity contribution in [1.29, 1.82) is 5.26 Å². The standard InChI is InChI=1S/C23H33N5/c1-18-6-5-7-22(14-18)28-12-10-27(11-13-28)9-8-19(2)25-17-21-15-23(16-24)26(4)20(21)3/h5-7,14-15,19,25H,8-13,17H2,1-4H3. The van der Waals surface area contributed by atoms with E-state index in [1.165, 1.54) is 22.5 Å². The number of benzene rings is 1. The van der Waals surface area contributed by atoms with Crippen LogP contribution in [0.5, 0.6) is 0 Å². The molecule has 2 aromatic rings. The second kappa shape index (κ2) is 9.27. The van der Waals surface area contributed by atoms with Gasteiger partial charge in [0.05, 0.1) is 0 Å². The molecule has 2 heterocycles. The van der Waals surface area contributed by atoms with E-state index in [1.54, 1.807) is 0 Å². The zero-order chi connectivity index (χ0) is 20.1. The van der Waals surface area contributed by atoms with Crippen molar-refractivity contribution in [3.05, 3.63) is 52.8 Å². The fourth-order valence-corrected chi connectivity index (χ4v) is 3.87. The summed E-state index contributed by atoms with van der Waals surface area (Å²) in [5, 5.41) is 12.8. The molecule has 0 bridgehead atoms. The lowest BCUT2D eigenvalue weighted by molar-refractivity contribution is 0.244. The van der Waals surface area contributed by atoms with E-state index in [1.807, 2.05) is 17.7 Å². The largest absolute Gasteiger partial charge is 0.369 e. The van der Waals surface area contributed by atoms with Crippen LogP contribution in [0.4, 0.5) is 5.69 Å². The molecule has 1 fully saturated rings. The minimum atomic E-state index is 0.458. The molecule has 1 aromatic carbocycles. The highest BCUT2D eigenvalue weighted by atomic mass is 15.3. The third-order valence-electron chi connectivity index (χ3n) is 6.01. The Balaban J connectivity index is 1.40. The lowest BCUT2D eigenvalue weighted by atomic mass is 10.1. The van der Waals surface area contributed by atoms with E-state index in [4.69, 9.17) is 5.26 Å². The van der Waals surface area contributed by atoms with E-state index in [-0.39, 0.29) is 0 Å². The summed E-state index contributed by atoms with van der Waals surface area (Å²) in [5.41, 5.74) is 5.80. The van der Waals surface area contributed by atoms with Gasteiger partial charge < -0.3 is 14.8 Å². The number of hydrogen-bond donors (Lipinski definition) is 1. The van der Waals surface area contributed by atoms with Crippen LogP contribution in [0.2, 0.25) is 0 Å². The van der Waals surface area contributed by atoms with Gasteiger partial charge in [0.15, 0.2) is 0 Å². The van der Waals surface area contributed by atoms with E-state index in [0.717, 1.165) is 51.4 Å². The minimum Gasteiger partial charge on any atom is -0.369 e. The van der Waals surface area contributed by atoms with E-state index < -0.39 is 0 Å². The Morgan fingerprint density at radius 3 is 2.54 bits per heavy atom. The maximum absolute atomic E-state index is 9.17. The van der Waals surface area contributed by atoms with Crippen LogP contribution in [-0.4, -0.2) is 48.2 Å². The molecular formula is C23H33N5. The maximum Gasteiger partial charge on any atom is 0.120 e. The first-order valence-corrected chi connectivity index (χ1v) is 10.3. The Hall–Kier alpha value is -2.29. The summed E-state index contributed by atoms with van der Waals surface area (Å²) in [7, 11) is 1.96. The molecule has 28 heavy (non-hydrogen) atoms. The van der Waals surface area contributed by atoms with E-state index >= 15 is 0 Å². The molecule has 5 nitrogen and oxygen atoms in total. The van der Waals surface area contributed by atoms with Crippen LogP contribution < -0.4 is 10.2 Å². The van der Waals surface area contributed by atoms with Crippen molar-refractivity contribution in [2.45, 2.75) is 39.8 Å². The summed E-state index contributed by atoms with van der Waals surface area (Å²) in [5.74, 6) is 0. The minimum absolute atomic E-state index is 0.458. The second-order valence-corrected chi connectivity index (χ2v) is 8.05. The number of aromatic nitrogens is 1. The third-order valence-corrected chi connectivity index (χ3v) is 6.01. The predicted octanol–water partition coefficient (Wildman–Crippen LogP) is 3.20. The Morgan fingerprint density at radius 1 is 1.14 bits per heavy atom. The Morgan fingerprint density at radius 2 is 1.89 bits per heavy atom. The molecule has 1 aromatic heterocycles. The fourth-order valence-electron chi connectivity index (χ4n) is 3.87. The van der Waals surface area contributed by atoms with Gasteiger partial charge in [0.1, 0.15) is 11.8 Å². The quantitative estimate of drug-likeness (QED) is 0.802. The molecule has 1 saturated heterocycles. The van der Waals surface area contributed by atoms with Crippen molar-refractivity contribution in [1.82, 2.24) is 14.8 Å². The normalized spacial score (nSPS) is 16.2. The number of anilines is 1. The lowest BCUT2D eigenvalue weighted by Gasteiger charge is -2.36. The molecule has 0 aliphatic carbocycles. The second-order valence-electron chi connectivity index (χ2n) is 8.05. The predicted molar refractivity (Wildman–Crippen MR) is 116 cm³/mol. The van der Waals surface area contributed by atoms with Gasteiger partial charge in [-0.1, -0.05) is 12.1 Å². The molecule has 1 N–H and O–H groups in total. The Labute approximate surface area is 169 Å². The van der Waals surface area contributed by atoms with E-state index in [2.05, 4.69) is 66.2 Å². The number of piperazine rings is 1. The zero-order valence-electron chi connectivity index (χ0n) is 17.7. The van der Waals surface area contributed by atoms with Gasteiger partial charge in [0.25, 0.3) is 0 Å². The first-order valence-electron chi connectivity index (χ1n) is 10.3. The smallest absolute Gasteiger partial charge is 0.120 e. The van der Waals surface area contributed by atoms with Crippen LogP contribution in [0, 0.1) is 25.2 Å². The van der Waals surface area contributed by atoms with E-state index in [9.17, 15) is 0 Å². The van der Waals surface area contributed by atoms with Gasteiger partial charge in [-0.25, -0.2) is 0 Å². The van der Waals surface area contributed by atoms with Crippen LogP contribution in [0.1, 0.15) is 35.9 Å². The highest BCUT2D eigenvalue weighted by Crippen LogP contribution is 2.18. The van der Waals surface area contributed by atoms with Gasteiger partial charge in [-0.05, 0) is 63.1 Å². The lowest BCUT2D eigenvalue weighted by Crippen LogP contribution is -2.47. The summed E-state index contributed by atoms with van der Waals surface area (Å²) in [6, 6.07) is 13.5. The van der Waals surface area contributed by atoms with Crippen molar-refractivity contribution in [2.24, 2.45) is 7.05 Å². The maximum atomic E-state index is 9.17. The molecular weight excluding hydrogens is 346 g/mol. The molecule has 1 aliphatic rings. The highest BCUT2D eigenvalue weighted by molar-refractivity contribution is 5.48. The molecule has 3 rings (SSSR count). The molecule has 0 radical (unpaired) electrons. The first-order chi connectivity index (χ1) is 13.5. The molecule has 1 unspecified atom stereocenters. The van der Waals surface area contributed by atoms with Crippen molar-refractivity contribution in [2.75, 3.05) is 37.6 Å². The first kappa shape index (κ1) is 20.4. The molecule has 5 heteroatoms. The third kappa shape index (κ3) is 4.95. The highest BCUT2D eigenvalue weighted by Gasteiger charge is 2.18. The summed E-state index contributed by atoms with van der Waals surface area (Å²) in [6.07, 6.45) is 1.14. The number of nitrogens with one attached hydrogen (secondary N) is 1. The summed E-state index contributed by atoms with van der Waals surface area (Å²) in [4.78, 5) is 5.07. The Kier molecular flexibility index (Phi) is 6.77. The molecule has 1 aliphatic heterocycles. The van der Waals surface area contributed by atoms with Gasteiger partial charge >= 0.3 is 0 Å². The van der Waals surface area contributed by atoms with Crippen LogP contribution in [0.15, 0.2) is 30.3 Å². The molecule has 1 atom stereocenters. The van der Waals surface area contributed by atoms with Crippen molar-refractivity contribution in [3.8, 4) is 6.07 Å². The topological polar surface area (TPSA) is 47.2 Å². The van der Waals surface area contributed by atoms with Crippen molar-refractivity contribution < 1.29 is 0 Å². The van der Waals surface area contributed by atoms with Gasteiger partial charge in [-0.3, -0.25) is 4.90 Å². The number of aryl methyl sites for hydroxylation is 1. The molecule has 0 amide bonds. The summed E-state index contributed by atoms with van der Waals surface area (Å²) in [6.45, 7) is 12.9. The van der Waals surface area contributed by atoms with Gasteiger partial charge in [-0.2, -0.15) is 5.26 Å². The van der Waals surface area contributed by atoms with Crippen molar-refractivity contribution >= 4 is 5.69 Å². The summed E-state index contributed by atoms with van der Waals surface area (Å²) >= 11 is 0. The molecule has 0 spiro atoms. The number of nitriles is 1. The van der Waals surface area contributed by atoms with Gasteiger partial charge in [0, 0.05) is 57.2 Å². The van der Waals surface area contributed by atoms with Gasteiger partial charge in [0.2, 0.25) is 0 Å². The fraction of sp³-hybridized carbons (Fsp3) is 0.522. The monoisotopic (exact) mass is 379 g/mol. The van der Waals surface area contributed by atoms with Crippen molar-refractivity contribution in [3.63, 3.8) is 0 Å². The van der Waals surface area contributed by atoms with Gasteiger partial charge in [-0.15, -0.1) is 0 Å². The average molecular weight is 380 g/mol. The molecule has 150 valence electrons. The van der Waals surface area contributed by atoms with Crippen LogP contribution >= 0.6 is 0 Å². The Bertz CT molecular complexity index is 824. The zero-order valence-corrected chi connectivity index (χ0v) is 17.7. The van der Waals surface area contributed by atoms with Crippen LogP contribution in [-0.2, 0) is 13.6 Å². The molecule has 0 saturated carbocycles. The number of nitrogens with zero attached hydrogens (tertiary/aromatic N) is 4. The number of rotatable bonds is 7. The van der Waals surface area contributed by atoms with Crippen LogP contribution in [0.3, 0.4) is 0 Å². The number of hydrogen-bond acceptors (Lipinski definition) is 4. The summed E-state index contributed by atoms with van der Waals surface area (Å²) < 4.78 is 1.97. The SMILES string of the molecule is Cc1cccc(N2CCN(CCC(C)NCc3cc(C#N)n(C)c3C)CC2)c1. The average Bonchev–Trinajstić information content (AvgIpc) is 2.99. The van der Waals surface area contributed by atoms with Crippen LogP contribution in [0.25, 0.3) is 0 Å². The van der Waals surface area contributed by atoms with E-state index in [0.29, 0.717) is 6.04 Å².